The van der Waals surface area contributed by atoms with Crippen LogP contribution < -0.4 is 15.8 Å². The number of carbonyl (C=O) groups excluding carboxylic acids is 2. The highest BCUT2D eigenvalue weighted by Crippen LogP contribution is 2.14. The fraction of sp³-hybridized carbons (Fsp3) is 0.391. The number of nitrogens with one attached hydrogen (secondary N) is 1. The number of fused-ring (bicyclic) bond motifs is 1. The summed E-state index contributed by atoms with van der Waals surface area (Å²) in [4.78, 5) is 49.9. The molecule has 1 fully saturated rings. The molecule has 1 amide bonds. The van der Waals surface area contributed by atoms with Gasteiger partial charge < -0.3 is 15.0 Å². The number of piperazine rings is 1. The molecule has 1 saturated heterocycles. The van der Waals surface area contributed by atoms with Crippen LogP contribution in [0.25, 0.3) is 10.8 Å². The molecule has 0 spiro atoms. The van der Waals surface area contributed by atoms with Crippen molar-refractivity contribution in [3.8, 4) is 0 Å². The summed E-state index contributed by atoms with van der Waals surface area (Å²) in [5.41, 5.74) is 0.0975. The van der Waals surface area contributed by atoms with Crippen molar-refractivity contribution in [3.05, 3.63) is 58.8 Å². The number of carbonyl (C=O) groups is 2. The molecule has 0 bridgehead atoms. The van der Waals surface area contributed by atoms with Crippen LogP contribution in [0.3, 0.4) is 0 Å². The topological polar surface area (TPSA) is 123 Å². The number of ether oxygens (including phenoxy) is 1. The number of esters is 1. The lowest BCUT2D eigenvalue weighted by Gasteiger charge is -2.34. The molecule has 4 rings (SSSR count). The molecule has 0 radical (unpaired) electrons. The number of hydrogen-bond donors (Lipinski definition) is 1. The average molecular weight is 466 g/mol. The SMILES string of the molecule is COC(=O)Cc1nn(CNC(=O)CCN2CCN(c3ncccn3)CC2)c(=O)c2ccccc12. The second kappa shape index (κ2) is 10.8. The Morgan fingerprint density at radius 1 is 1.03 bits per heavy atom. The van der Waals surface area contributed by atoms with E-state index in [1.54, 1.807) is 42.7 Å². The first-order valence-corrected chi connectivity index (χ1v) is 11.1. The van der Waals surface area contributed by atoms with Crippen LogP contribution in [0.1, 0.15) is 12.1 Å². The molecule has 3 aromatic rings. The molecular formula is C23H27N7O4. The first-order chi connectivity index (χ1) is 16.5. The van der Waals surface area contributed by atoms with E-state index in [0.29, 0.717) is 29.4 Å². The van der Waals surface area contributed by atoms with E-state index in [2.05, 4.69) is 30.2 Å². The van der Waals surface area contributed by atoms with E-state index in [0.717, 1.165) is 32.1 Å². The van der Waals surface area contributed by atoms with Crippen LogP contribution >= 0.6 is 0 Å². The zero-order chi connectivity index (χ0) is 23.9. The third-order valence-electron chi connectivity index (χ3n) is 5.77. The molecule has 0 aliphatic carbocycles. The Morgan fingerprint density at radius 3 is 2.44 bits per heavy atom. The van der Waals surface area contributed by atoms with Crippen molar-refractivity contribution >= 4 is 28.6 Å². The Morgan fingerprint density at radius 2 is 1.74 bits per heavy atom. The molecule has 0 atom stereocenters. The van der Waals surface area contributed by atoms with Crippen molar-refractivity contribution in [1.29, 1.82) is 0 Å². The number of amides is 1. The Bertz CT molecular complexity index is 1210. The van der Waals surface area contributed by atoms with E-state index < -0.39 is 5.97 Å². The maximum absolute atomic E-state index is 12.8. The van der Waals surface area contributed by atoms with Crippen molar-refractivity contribution in [2.75, 3.05) is 44.7 Å². The van der Waals surface area contributed by atoms with Crippen LogP contribution in [-0.2, 0) is 27.4 Å². The van der Waals surface area contributed by atoms with E-state index in [9.17, 15) is 14.4 Å². The number of aromatic nitrogens is 4. The van der Waals surface area contributed by atoms with Crippen LogP contribution in [0.2, 0.25) is 0 Å². The van der Waals surface area contributed by atoms with Crippen molar-refractivity contribution < 1.29 is 14.3 Å². The zero-order valence-electron chi connectivity index (χ0n) is 19.0. The molecule has 1 N–H and O–H groups in total. The molecule has 1 aromatic carbocycles. The van der Waals surface area contributed by atoms with Gasteiger partial charge in [0.15, 0.2) is 0 Å². The van der Waals surface area contributed by atoms with Crippen molar-refractivity contribution in [2.24, 2.45) is 0 Å². The van der Waals surface area contributed by atoms with Gasteiger partial charge in [0, 0.05) is 56.9 Å². The second-order valence-corrected chi connectivity index (χ2v) is 7.94. The van der Waals surface area contributed by atoms with Gasteiger partial charge in [-0.3, -0.25) is 19.3 Å². The van der Waals surface area contributed by atoms with Gasteiger partial charge in [-0.25, -0.2) is 14.6 Å². The largest absolute Gasteiger partial charge is 0.469 e. The number of hydrogen-bond acceptors (Lipinski definition) is 9. The van der Waals surface area contributed by atoms with Crippen LogP contribution in [0, 0.1) is 0 Å². The molecular weight excluding hydrogens is 438 g/mol. The Balaban J connectivity index is 1.31. The standard InChI is InChI=1S/C23H27N7O4/c1-34-21(32)15-19-17-5-2-3-6-18(17)22(33)30(27-19)16-26-20(31)7-10-28-11-13-29(14-12-28)23-24-8-4-9-25-23/h2-6,8-9H,7,10-16H2,1H3,(H,26,31). The monoisotopic (exact) mass is 465 g/mol. The fourth-order valence-electron chi connectivity index (χ4n) is 3.89. The minimum atomic E-state index is -0.453. The number of methoxy groups -OCH3 is 1. The minimum absolute atomic E-state index is 0.0642. The summed E-state index contributed by atoms with van der Waals surface area (Å²) in [7, 11) is 1.30. The Kier molecular flexibility index (Phi) is 7.43. The van der Waals surface area contributed by atoms with Crippen molar-refractivity contribution in [1.82, 2.24) is 30.0 Å². The second-order valence-electron chi connectivity index (χ2n) is 7.94. The van der Waals surface area contributed by atoms with Crippen LogP contribution in [0.5, 0.6) is 0 Å². The van der Waals surface area contributed by atoms with Crippen molar-refractivity contribution in [3.63, 3.8) is 0 Å². The average Bonchev–Trinajstić information content (AvgIpc) is 2.89. The van der Waals surface area contributed by atoms with Crippen molar-refractivity contribution in [2.45, 2.75) is 19.5 Å². The summed E-state index contributed by atoms with van der Waals surface area (Å²) in [6, 6.07) is 8.74. The zero-order valence-corrected chi connectivity index (χ0v) is 19.0. The molecule has 1 aliphatic heterocycles. The minimum Gasteiger partial charge on any atom is -0.469 e. The fourth-order valence-corrected chi connectivity index (χ4v) is 3.89. The summed E-state index contributed by atoms with van der Waals surface area (Å²) < 4.78 is 5.92. The highest BCUT2D eigenvalue weighted by atomic mass is 16.5. The molecule has 34 heavy (non-hydrogen) atoms. The third-order valence-corrected chi connectivity index (χ3v) is 5.77. The van der Waals surface area contributed by atoms with Gasteiger partial charge in [0.05, 0.1) is 24.6 Å². The summed E-state index contributed by atoms with van der Waals surface area (Å²) >= 11 is 0. The quantitative estimate of drug-likeness (QED) is 0.464. The van der Waals surface area contributed by atoms with E-state index in [1.165, 1.54) is 11.8 Å². The third kappa shape index (κ3) is 5.54. The normalized spacial score (nSPS) is 14.2. The number of benzene rings is 1. The van der Waals surface area contributed by atoms with Gasteiger partial charge in [-0.05, 0) is 12.1 Å². The van der Waals surface area contributed by atoms with Crippen LogP contribution in [-0.4, -0.2) is 76.4 Å². The lowest BCUT2D eigenvalue weighted by atomic mass is 10.1. The molecule has 2 aromatic heterocycles. The van der Waals surface area contributed by atoms with E-state index in [1.807, 2.05) is 0 Å². The number of anilines is 1. The van der Waals surface area contributed by atoms with E-state index in [-0.39, 0.29) is 24.6 Å². The number of rotatable bonds is 8. The maximum Gasteiger partial charge on any atom is 0.311 e. The maximum atomic E-state index is 12.8. The predicted octanol–water partition coefficient (Wildman–Crippen LogP) is 0.188. The van der Waals surface area contributed by atoms with Gasteiger partial charge >= 0.3 is 5.97 Å². The molecule has 3 heterocycles. The first-order valence-electron chi connectivity index (χ1n) is 11.1. The Hall–Kier alpha value is -3.86. The lowest BCUT2D eigenvalue weighted by Crippen LogP contribution is -2.47. The Labute approximate surface area is 196 Å². The van der Waals surface area contributed by atoms with Gasteiger partial charge in [-0.2, -0.15) is 5.10 Å². The van der Waals surface area contributed by atoms with Crippen LogP contribution in [0.4, 0.5) is 5.95 Å². The van der Waals surface area contributed by atoms with Crippen LogP contribution in [0.15, 0.2) is 47.5 Å². The molecule has 178 valence electrons. The lowest BCUT2D eigenvalue weighted by molar-refractivity contribution is -0.139. The number of nitrogens with zero attached hydrogens (tertiary/aromatic N) is 6. The highest BCUT2D eigenvalue weighted by molar-refractivity contribution is 5.87. The smallest absolute Gasteiger partial charge is 0.311 e. The van der Waals surface area contributed by atoms with Gasteiger partial charge in [0.1, 0.15) is 6.67 Å². The first kappa shape index (κ1) is 23.3. The summed E-state index contributed by atoms with van der Waals surface area (Å²) in [6.45, 7) is 3.76. The molecule has 1 aliphatic rings. The van der Waals surface area contributed by atoms with Gasteiger partial charge in [-0.15, -0.1) is 0 Å². The van der Waals surface area contributed by atoms with E-state index in [4.69, 9.17) is 4.74 Å². The molecule has 11 nitrogen and oxygen atoms in total. The highest BCUT2D eigenvalue weighted by Gasteiger charge is 2.19. The molecule has 0 unspecified atom stereocenters. The molecule has 0 saturated carbocycles. The predicted molar refractivity (Wildman–Crippen MR) is 125 cm³/mol. The van der Waals surface area contributed by atoms with E-state index >= 15 is 0 Å². The van der Waals surface area contributed by atoms with Gasteiger partial charge in [0.25, 0.3) is 5.56 Å². The summed E-state index contributed by atoms with van der Waals surface area (Å²) in [5, 5.41) is 8.10. The van der Waals surface area contributed by atoms with Gasteiger partial charge in [0.2, 0.25) is 11.9 Å². The summed E-state index contributed by atoms with van der Waals surface area (Å²) in [5.74, 6) is 0.0933. The molecule has 11 heteroatoms. The summed E-state index contributed by atoms with van der Waals surface area (Å²) in [6.07, 6.45) is 3.70. The van der Waals surface area contributed by atoms with Gasteiger partial charge in [-0.1, -0.05) is 18.2 Å².